The van der Waals surface area contributed by atoms with Gasteiger partial charge in [-0.05, 0) is 54.8 Å². The van der Waals surface area contributed by atoms with Crippen molar-refractivity contribution in [3.8, 4) is 5.75 Å². The number of benzene rings is 2. The lowest BCUT2D eigenvalue weighted by Crippen LogP contribution is -2.30. The van der Waals surface area contributed by atoms with Gasteiger partial charge in [0.05, 0.1) is 12.0 Å². The Balaban J connectivity index is 1.95. The predicted molar refractivity (Wildman–Crippen MR) is 110 cm³/mol. The second kappa shape index (κ2) is 9.71. The zero-order valence-corrected chi connectivity index (χ0v) is 17.7. The first kappa shape index (κ1) is 21.9. The molecule has 0 atom stereocenters. The fraction of sp³-hybridized carbons (Fsp3) is 0.381. The normalized spacial score (nSPS) is 11.5. The quantitative estimate of drug-likeness (QED) is 0.697. The lowest BCUT2D eigenvalue weighted by molar-refractivity contribution is 0.0954. The molecule has 0 aliphatic carbocycles. The number of amides is 1. The summed E-state index contributed by atoms with van der Waals surface area (Å²) in [6.45, 7) is 6.88. The molecule has 0 spiro atoms. The molecule has 1 N–H and O–H groups in total. The molecule has 1 amide bonds. The molecule has 0 aliphatic rings. The van der Waals surface area contributed by atoms with Crippen molar-refractivity contribution in [3.63, 3.8) is 0 Å². The van der Waals surface area contributed by atoms with E-state index in [1.54, 1.807) is 49.6 Å². The molecule has 152 valence electrons. The minimum Gasteiger partial charge on any atom is -0.496 e. The van der Waals surface area contributed by atoms with Crippen molar-refractivity contribution in [3.05, 3.63) is 59.2 Å². The van der Waals surface area contributed by atoms with Crippen molar-refractivity contribution in [2.45, 2.75) is 32.1 Å². The van der Waals surface area contributed by atoms with E-state index < -0.39 is 10.0 Å². The van der Waals surface area contributed by atoms with Gasteiger partial charge in [0.1, 0.15) is 5.75 Å². The summed E-state index contributed by atoms with van der Waals surface area (Å²) in [6.07, 6.45) is 0.618. The van der Waals surface area contributed by atoms with Crippen LogP contribution in [-0.4, -0.2) is 45.4 Å². The molecule has 0 bridgehead atoms. The van der Waals surface area contributed by atoms with E-state index in [-0.39, 0.29) is 10.8 Å². The molecule has 0 unspecified atom stereocenters. The Morgan fingerprint density at radius 2 is 1.71 bits per heavy atom. The van der Waals surface area contributed by atoms with Crippen molar-refractivity contribution in [1.29, 1.82) is 0 Å². The molecule has 2 aromatic rings. The third kappa shape index (κ3) is 5.11. The molecule has 28 heavy (non-hydrogen) atoms. The summed E-state index contributed by atoms with van der Waals surface area (Å²) in [5, 5.41) is 2.89. The smallest absolute Gasteiger partial charge is 0.251 e. The van der Waals surface area contributed by atoms with E-state index in [0.717, 1.165) is 16.9 Å². The standard InChI is InChI=1S/C21H28N2O4S/c1-5-23(6-2)28(25,26)19-10-7-17(8-11-19)13-14-22-21(24)18-9-12-20(27-4)16(3)15-18/h7-12,15H,5-6,13-14H2,1-4H3,(H,22,24). The van der Waals surface area contributed by atoms with E-state index in [2.05, 4.69) is 5.32 Å². The number of carbonyl (C=O) groups excluding carboxylic acids is 1. The third-order valence-electron chi connectivity index (χ3n) is 4.62. The molecule has 2 aromatic carbocycles. The molecule has 0 saturated heterocycles. The van der Waals surface area contributed by atoms with Crippen LogP contribution in [0.3, 0.4) is 0 Å². The average Bonchev–Trinajstić information content (AvgIpc) is 2.69. The van der Waals surface area contributed by atoms with E-state index in [1.807, 2.05) is 20.8 Å². The van der Waals surface area contributed by atoms with E-state index in [0.29, 0.717) is 31.6 Å². The molecule has 0 heterocycles. The van der Waals surface area contributed by atoms with Crippen LogP contribution in [0.5, 0.6) is 5.75 Å². The van der Waals surface area contributed by atoms with E-state index >= 15 is 0 Å². The van der Waals surface area contributed by atoms with Gasteiger partial charge >= 0.3 is 0 Å². The topological polar surface area (TPSA) is 75.7 Å². The van der Waals surface area contributed by atoms with Crippen LogP contribution in [0, 0.1) is 6.92 Å². The lowest BCUT2D eigenvalue weighted by Gasteiger charge is -2.18. The van der Waals surface area contributed by atoms with Crippen molar-refractivity contribution in [2.75, 3.05) is 26.7 Å². The highest BCUT2D eigenvalue weighted by atomic mass is 32.2. The highest BCUT2D eigenvalue weighted by Gasteiger charge is 2.21. The van der Waals surface area contributed by atoms with Gasteiger partial charge in [-0.3, -0.25) is 4.79 Å². The van der Waals surface area contributed by atoms with Crippen molar-refractivity contribution in [2.24, 2.45) is 0 Å². The molecule has 6 nitrogen and oxygen atoms in total. The summed E-state index contributed by atoms with van der Waals surface area (Å²) < 4.78 is 31.6. The lowest BCUT2D eigenvalue weighted by atomic mass is 10.1. The number of carbonyl (C=O) groups is 1. The van der Waals surface area contributed by atoms with Gasteiger partial charge in [0.25, 0.3) is 5.91 Å². The first-order valence-corrected chi connectivity index (χ1v) is 10.8. The van der Waals surface area contributed by atoms with Crippen LogP contribution in [-0.2, 0) is 16.4 Å². The highest BCUT2D eigenvalue weighted by Crippen LogP contribution is 2.19. The zero-order chi connectivity index (χ0) is 20.7. The van der Waals surface area contributed by atoms with Gasteiger partial charge in [-0.1, -0.05) is 26.0 Å². The molecular weight excluding hydrogens is 376 g/mol. The van der Waals surface area contributed by atoms with Crippen molar-refractivity contribution in [1.82, 2.24) is 9.62 Å². The molecule has 2 rings (SSSR count). The second-order valence-electron chi connectivity index (χ2n) is 6.42. The summed E-state index contributed by atoms with van der Waals surface area (Å²) in [7, 11) is -1.85. The number of methoxy groups -OCH3 is 1. The summed E-state index contributed by atoms with van der Waals surface area (Å²) in [6, 6.07) is 12.1. The number of rotatable bonds is 9. The van der Waals surface area contributed by atoms with Crippen LogP contribution in [0.2, 0.25) is 0 Å². The summed E-state index contributed by atoms with van der Waals surface area (Å²) in [4.78, 5) is 12.6. The van der Waals surface area contributed by atoms with Crippen LogP contribution in [0.15, 0.2) is 47.4 Å². The van der Waals surface area contributed by atoms with Gasteiger partial charge in [0, 0.05) is 25.2 Å². The van der Waals surface area contributed by atoms with Crippen LogP contribution >= 0.6 is 0 Å². The summed E-state index contributed by atoms with van der Waals surface area (Å²) in [5.74, 6) is 0.600. The zero-order valence-electron chi connectivity index (χ0n) is 16.9. The van der Waals surface area contributed by atoms with Gasteiger partial charge in [-0.15, -0.1) is 0 Å². The Kier molecular flexibility index (Phi) is 7.60. The highest BCUT2D eigenvalue weighted by molar-refractivity contribution is 7.89. The molecule has 0 saturated carbocycles. The number of nitrogens with one attached hydrogen (secondary N) is 1. The van der Waals surface area contributed by atoms with Crippen LogP contribution in [0.1, 0.15) is 35.3 Å². The van der Waals surface area contributed by atoms with Crippen LogP contribution in [0.4, 0.5) is 0 Å². The Labute approximate surface area is 167 Å². The SMILES string of the molecule is CCN(CC)S(=O)(=O)c1ccc(CCNC(=O)c2ccc(OC)c(C)c2)cc1. The predicted octanol–water partition coefficient (Wildman–Crippen LogP) is 3.01. The van der Waals surface area contributed by atoms with Gasteiger partial charge in [0.15, 0.2) is 0 Å². The van der Waals surface area contributed by atoms with Crippen molar-refractivity contribution < 1.29 is 17.9 Å². The molecule has 0 fully saturated rings. The van der Waals surface area contributed by atoms with E-state index in [1.165, 1.54) is 4.31 Å². The average molecular weight is 405 g/mol. The Bertz CT molecular complexity index is 905. The fourth-order valence-electron chi connectivity index (χ4n) is 2.98. The largest absolute Gasteiger partial charge is 0.496 e. The molecule has 7 heteroatoms. The minimum absolute atomic E-state index is 0.147. The number of hydrogen-bond donors (Lipinski definition) is 1. The third-order valence-corrected chi connectivity index (χ3v) is 6.69. The van der Waals surface area contributed by atoms with E-state index in [9.17, 15) is 13.2 Å². The maximum Gasteiger partial charge on any atom is 0.251 e. The number of ether oxygens (including phenoxy) is 1. The number of hydrogen-bond acceptors (Lipinski definition) is 4. The van der Waals surface area contributed by atoms with Gasteiger partial charge in [0.2, 0.25) is 10.0 Å². The molecule has 0 radical (unpaired) electrons. The van der Waals surface area contributed by atoms with Gasteiger partial charge < -0.3 is 10.1 Å². The number of aryl methyl sites for hydroxylation is 1. The molecular formula is C21H28N2O4S. The Morgan fingerprint density at radius 1 is 1.07 bits per heavy atom. The minimum atomic E-state index is -3.44. The monoisotopic (exact) mass is 404 g/mol. The number of nitrogens with zero attached hydrogens (tertiary/aromatic N) is 1. The van der Waals surface area contributed by atoms with Crippen LogP contribution in [0.25, 0.3) is 0 Å². The van der Waals surface area contributed by atoms with Gasteiger partial charge in [-0.25, -0.2) is 8.42 Å². The Hall–Kier alpha value is -2.38. The summed E-state index contributed by atoms with van der Waals surface area (Å²) in [5.41, 5.74) is 2.45. The molecule has 0 aliphatic heterocycles. The second-order valence-corrected chi connectivity index (χ2v) is 8.36. The summed E-state index contributed by atoms with van der Waals surface area (Å²) >= 11 is 0. The van der Waals surface area contributed by atoms with E-state index in [4.69, 9.17) is 4.74 Å². The maximum atomic E-state index is 12.5. The van der Waals surface area contributed by atoms with Gasteiger partial charge in [-0.2, -0.15) is 4.31 Å². The number of sulfonamides is 1. The van der Waals surface area contributed by atoms with Crippen LogP contribution < -0.4 is 10.1 Å². The first-order chi connectivity index (χ1) is 13.3. The fourth-order valence-corrected chi connectivity index (χ4v) is 4.44. The Morgan fingerprint density at radius 3 is 2.25 bits per heavy atom. The first-order valence-electron chi connectivity index (χ1n) is 9.35. The molecule has 0 aromatic heterocycles. The van der Waals surface area contributed by atoms with Crippen molar-refractivity contribution >= 4 is 15.9 Å². The maximum absolute atomic E-state index is 12.5.